The van der Waals surface area contributed by atoms with Gasteiger partial charge < -0.3 is 4.74 Å². The maximum Gasteiger partial charge on any atom is 0.417 e. The molecule has 0 unspecified atom stereocenters. The van der Waals surface area contributed by atoms with Gasteiger partial charge in [-0.3, -0.25) is 0 Å². The fourth-order valence-corrected chi connectivity index (χ4v) is 1.75. The van der Waals surface area contributed by atoms with Crippen LogP contribution in [0.3, 0.4) is 0 Å². The van der Waals surface area contributed by atoms with E-state index >= 15 is 0 Å². The van der Waals surface area contributed by atoms with Crippen LogP contribution < -0.4 is 0 Å². The highest BCUT2D eigenvalue weighted by Crippen LogP contribution is 2.37. The number of aromatic nitrogens is 1. The Kier molecular flexibility index (Phi) is 4.83. The normalized spacial score (nSPS) is 11.8. The Hall–Kier alpha value is -1.25. The minimum Gasteiger partial charge on any atom is -0.462 e. The molecule has 0 aliphatic heterocycles. The maximum absolute atomic E-state index is 12.8. The van der Waals surface area contributed by atoms with E-state index in [0.29, 0.717) is 6.07 Å². The van der Waals surface area contributed by atoms with E-state index in [1.807, 2.05) is 0 Å². The smallest absolute Gasteiger partial charge is 0.417 e. The van der Waals surface area contributed by atoms with Gasteiger partial charge >= 0.3 is 12.1 Å². The summed E-state index contributed by atoms with van der Waals surface area (Å²) in [5, 5.41) is 0. The highest BCUT2D eigenvalue weighted by Gasteiger charge is 2.39. The van der Waals surface area contributed by atoms with Crippen LogP contribution in [-0.2, 0) is 10.9 Å². The van der Waals surface area contributed by atoms with Crippen LogP contribution in [0.1, 0.15) is 35.0 Å². The number of nitrogens with zero attached hydrogens (tertiary/aromatic N) is 1. The van der Waals surface area contributed by atoms with Crippen molar-refractivity contribution < 1.29 is 31.5 Å². The van der Waals surface area contributed by atoms with E-state index in [9.17, 15) is 26.7 Å². The van der Waals surface area contributed by atoms with E-state index in [-0.39, 0.29) is 6.61 Å². The lowest BCUT2D eigenvalue weighted by Gasteiger charge is -2.15. The maximum atomic E-state index is 12.8. The number of rotatable bonds is 3. The van der Waals surface area contributed by atoms with Gasteiger partial charge in [0.25, 0.3) is 6.43 Å². The number of hydrogen-bond donors (Lipinski definition) is 0. The first-order chi connectivity index (χ1) is 8.68. The number of hydrogen-bond acceptors (Lipinski definition) is 3. The Morgan fingerprint density at radius 3 is 2.47 bits per heavy atom. The van der Waals surface area contributed by atoms with Crippen molar-refractivity contribution in [2.24, 2.45) is 0 Å². The third-order valence-electron chi connectivity index (χ3n) is 2.01. The summed E-state index contributed by atoms with van der Waals surface area (Å²) in [7, 11) is 0. The molecular weight excluding hydrogens is 341 g/mol. The average Bonchev–Trinajstić information content (AvgIpc) is 2.26. The molecule has 0 saturated carbocycles. The number of pyridine rings is 1. The van der Waals surface area contributed by atoms with Crippen molar-refractivity contribution in [1.29, 1.82) is 0 Å². The number of carbonyl (C=O) groups is 1. The molecule has 9 heteroatoms. The van der Waals surface area contributed by atoms with Crippen molar-refractivity contribution >= 4 is 21.9 Å². The van der Waals surface area contributed by atoms with Gasteiger partial charge in [0.15, 0.2) is 0 Å². The Morgan fingerprint density at radius 1 is 1.47 bits per heavy atom. The molecule has 0 fully saturated rings. The molecule has 1 aromatic rings. The largest absolute Gasteiger partial charge is 0.462 e. The van der Waals surface area contributed by atoms with E-state index in [4.69, 9.17) is 0 Å². The van der Waals surface area contributed by atoms with Gasteiger partial charge in [-0.05, 0) is 28.9 Å². The first-order valence-corrected chi connectivity index (χ1v) is 5.70. The molecule has 0 atom stereocenters. The van der Waals surface area contributed by atoms with Gasteiger partial charge in [0, 0.05) is 0 Å². The summed E-state index contributed by atoms with van der Waals surface area (Å²) in [5.41, 5.74) is -4.03. The SMILES string of the molecule is CCOC(=O)c1c(C(F)(F)F)cc(Br)nc1C(F)F. The molecule has 106 valence electrons. The van der Waals surface area contributed by atoms with Gasteiger partial charge in [0.1, 0.15) is 10.3 Å². The fourth-order valence-electron chi connectivity index (χ4n) is 1.33. The molecule has 0 bridgehead atoms. The van der Waals surface area contributed by atoms with Gasteiger partial charge in [-0.1, -0.05) is 0 Å². The monoisotopic (exact) mass is 347 g/mol. The van der Waals surface area contributed by atoms with Crippen molar-refractivity contribution in [2.45, 2.75) is 19.5 Å². The highest BCUT2D eigenvalue weighted by atomic mass is 79.9. The molecule has 3 nitrogen and oxygen atoms in total. The minimum absolute atomic E-state index is 0.241. The van der Waals surface area contributed by atoms with E-state index < -0.39 is 40.0 Å². The number of esters is 1. The van der Waals surface area contributed by atoms with Crippen LogP contribution in [0.5, 0.6) is 0 Å². The van der Waals surface area contributed by atoms with Gasteiger partial charge in [0.05, 0.1) is 17.7 Å². The molecule has 0 spiro atoms. The second-order valence-corrected chi connectivity index (χ2v) is 4.08. The molecule has 0 saturated heterocycles. The van der Waals surface area contributed by atoms with Gasteiger partial charge in [-0.25, -0.2) is 18.6 Å². The van der Waals surface area contributed by atoms with Crippen molar-refractivity contribution in [3.05, 3.63) is 27.5 Å². The fraction of sp³-hybridized carbons (Fsp3) is 0.400. The third-order valence-corrected chi connectivity index (χ3v) is 2.41. The lowest BCUT2D eigenvalue weighted by molar-refractivity contribution is -0.138. The predicted molar refractivity (Wildman–Crippen MR) is 57.9 cm³/mol. The minimum atomic E-state index is -4.98. The number of carbonyl (C=O) groups excluding carboxylic acids is 1. The van der Waals surface area contributed by atoms with Crippen LogP contribution >= 0.6 is 15.9 Å². The highest BCUT2D eigenvalue weighted by molar-refractivity contribution is 9.10. The molecule has 0 aromatic carbocycles. The van der Waals surface area contributed by atoms with Gasteiger partial charge in [0.2, 0.25) is 0 Å². The molecule has 19 heavy (non-hydrogen) atoms. The second-order valence-electron chi connectivity index (χ2n) is 3.27. The summed E-state index contributed by atoms with van der Waals surface area (Å²) in [6, 6.07) is 0.456. The summed E-state index contributed by atoms with van der Waals surface area (Å²) < 4.78 is 67.7. The molecule has 0 aliphatic rings. The zero-order valence-electron chi connectivity index (χ0n) is 9.39. The summed E-state index contributed by atoms with van der Waals surface area (Å²) in [6.45, 7) is 1.11. The average molecular weight is 348 g/mol. The van der Waals surface area contributed by atoms with Crippen molar-refractivity contribution in [3.63, 3.8) is 0 Å². The Bertz CT molecular complexity index is 490. The summed E-state index contributed by atoms with van der Waals surface area (Å²) in [5.74, 6) is -1.48. The van der Waals surface area contributed by atoms with Crippen LogP contribution in [0.4, 0.5) is 22.0 Å². The zero-order chi connectivity index (χ0) is 14.8. The van der Waals surface area contributed by atoms with Crippen molar-refractivity contribution in [3.8, 4) is 0 Å². The van der Waals surface area contributed by atoms with Crippen molar-refractivity contribution in [2.75, 3.05) is 6.61 Å². The molecule has 0 radical (unpaired) electrons. The Balaban J connectivity index is 3.57. The van der Waals surface area contributed by atoms with E-state index in [2.05, 4.69) is 25.7 Å². The van der Waals surface area contributed by atoms with Crippen molar-refractivity contribution in [1.82, 2.24) is 4.98 Å². The summed E-state index contributed by atoms with van der Waals surface area (Å²) in [4.78, 5) is 14.7. The number of ether oxygens (including phenoxy) is 1. The Labute approximate surface area is 112 Å². The molecule has 1 aromatic heterocycles. The molecular formula is C10H7BrF5NO2. The zero-order valence-corrected chi connectivity index (χ0v) is 11.0. The summed E-state index contributed by atoms with van der Waals surface area (Å²) >= 11 is 2.60. The van der Waals surface area contributed by atoms with Gasteiger partial charge in [-0.15, -0.1) is 0 Å². The molecule has 0 amide bonds. The van der Waals surface area contributed by atoms with E-state index in [1.165, 1.54) is 6.92 Å². The molecule has 1 heterocycles. The van der Waals surface area contributed by atoms with Crippen LogP contribution in [0.25, 0.3) is 0 Å². The first-order valence-electron chi connectivity index (χ1n) is 4.91. The lowest BCUT2D eigenvalue weighted by atomic mass is 10.1. The lowest BCUT2D eigenvalue weighted by Crippen LogP contribution is -2.19. The van der Waals surface area contributed by atoms with Gasteiger partial charge in [-0.2, -0.15) is 13.2 Å². The standard InChI is InChI=1S/C10H7BrF5NO2/c1-2-19-9(18)6-4(10(14,15)16)3-5(11)17-7(6)8(12)13/h3,8H,2H2,1H3. The van der Waals surface area contributed by atoms with Crippen LogP contribution in [0.2, 0.25) is 0 Å². The number of alkyl halides is 5. The molecule has 0 N–H and O–H groups in total. The topological polar surface area (TPSA) is 39.2 Å². The Morgan fingerprint density at radius 2 is 2.05 bits per heavy atom. The molecule has 1 rings (SSSR count). The second kappa shape index (κ2) is 5.81. The molecule has 0 aliphatic carbocycles. The summed E-state index contributed by atoms with van der Waals surface area (Å²) in [6.07, 6.45) is -8.31. The van der Waals surface area contributed by atoms with Crippen LogP contribution in [0, 0.1) is 0 Å². The van der Waals surface area contributed by atoms with E-state index in [1.54, 1.807) is 0 Å². The predicted octanol–water partition coefficient (Wildman–Crippen LogP) is 3.98. The first kappa shape index (κ1) is 15.8. The van der Waals surface area contributed by atoms with E-state index in [0.717, 1.165) is 0 Å². The van der Waals surface area contributed by atoms with Crippen LogP contribution in [0.15, 0.2) is 10.7 Å². The quantitative estimate of drug-likeness (QED) is 0.471. The number of halogens is 6. The van der Waals surface area contributed by atoms with Crippen LogP contribution in [-0.4, -0.2) is 17.6 Å². The third kappa shape index (κ3) is 3.62.